The van der Waals surface area contributed by atoms with Gasteiger partial charge in [0.1, 0.15) is 5.82 Å². The minimum atomic E-state index is -0.629. The SMILES string of the molecule is CC(CC(O)c1ccc(F)cc1)NCc1cccc2c1OCCCO2. The Balaban J connectivity index is 1.57. The molecule has 0 radical (unpaired) electrons. The van der Waals surface area contributed by atoms with E-state index < -0.39 is 6.10 Å². The Morgan fingerprint density at radius 1 is 1.12 bits per heavy atom. The number of hydrogen-bond acceptors (Lipinski definition) is 4. The summed E-state index contributed by atoms with van der Waals surface area (Å²) in [6, 6.07) is 12.0. The van der Waals surface area contributed by atoms with E-state index >= 15 is 0 Å². The summed E-state index contributed by atoms with van der Waals surface area (Å²) in [5.74, 6) is 1.30. The van der Waals surface area contributed by atoms with Gasteiger partial charge in [-0.25, -0.2) is 4.39 Å². The molecule has 134 valence electrons. The molecule has 0 saturated heterocycles. The molecule has 0 aliphatic carbocycles. The van der Waals surface area contributed by atoms with E-state index in [1.165, 1.54) is 12.1 Å². The zero-order valence-electron chi connectivity index (χ0n) is 14.4. The topological polar surface area (TPSA) is 50.7 Å². The van der Waals surface area contributed by atoms with Gasteiger partial charge in [-0.1, -0.05) is 24.3 Å². The van der Waals surface area contributed by atoms with Crippen LogP contribution in [0.25, 0.3) is 0 Å². The summed E-state index contributed by atoms with van der Waals surface area (Å²) < 4.78 is 24.5. The first kappa shape index (κ1) is 17.7. The Morgan fingerprint density at radius 2 is 1.88 bits per heavy atom. The summed E-state index contributed by atoms with van der Waals surface area (Å²) in [4.78, 5) is 0. The van der Waals surface area contributed by atoms with E-state index in [1.54, 1.807) is 12.1 Å². The Labute approximate surface area is 147 Å². The fourth-order valence-corrected chi connectivity index (χ4v) is 2.92. The van der Waals surface area contributed by atoms with Gasteiger partial charge in [0.25, 0.3) is 0 Å². The van der Waals surface area contributed by atoms with E-state index in [1.807, 2.05) is 25.1 Å². The molecular weight excluding hydrogens is 321 g/mol. The van der Waals surface area contributed by atoms with Gasteiger partial charge in [-0.2, -0.15) is 0 Å². The summed E-state index contributed by atoms with van der Waals surface area (Å²) in [5, 5.41) is 13.7. The van der Waals surface area contributed by atoms with E-state index in [4.69, 9.17) is 9.47 Å². The summed E-state index contributed by atoms with van der Waals surface area (Å²) in [6.45, 7) is 3.97. The van der Waals surface area contributed by atoms with E-state index in [0.717, 1.165) is 29.0 Å². The number of benzene rings is 2. The number of nitrogens with one attached hydrogen (secondary N) is 1. The van der Waals surface area contributed by atoms with Crippen molar-refractivity contribution in [3.8, 4) is 11.5 Å². The molecule has 2 unspecified atom stereocenters. The summed E-state index contributed by atoms with van der Waals surface area (Å²) in [6.07, 6.45) is 0.787. The predicted molar refractivity (Wildman–Crippen MR) is 94.3 cm³/mol. The average Bonchev–Trinajstić information content (AvgIpc) is 2.86. The second kappa shape index (κ2) is 8.32. The first-order valence-corrected chi connectivity index (χ1v) is 8.68. The number of aliphatic hydroxyl groups is 1. The number of para-hydroxylation sites is 1. The van der Waals surface area contributed by atoms with Crippen LogP contribution in [0.15, 0.2) is 42.5 Å². The molecule has 2 aromatic carbocycles. The first-order chi connectivity index (χ1) is 12.1. The van der Waals surface area contributed by atoms with Crippen LogP contribution in [0.4, 0.5) is 4.39 Å². The molecule has 0 spiro atoms. The lowest BCUT2D eigenvalue weighted by molar-refractivity contribution is 0.153. The Bertz CT molecular complexity index is 690. The molecule has 2 atom stereocenters. The van der Waals surface area contributed by atoms with Crippen LogP contribution in [0.5, 0.6) is 11.5 Å². The third-order valence-corrected chi connectivity index (χ3v) is 4.33. The van der Waals surface area contributed by atoms with Crippen molar-refractivity contribution >= 4 is 0 Å². The van der Waals surface area contributed by atoms with Crippen LogP contribution in [0.2, 0.25) is 0 Å². The lowest BCUT2D eigenvalue weighted by Gasteiger charge is -2.19. The van der Waals surface area contributed by atoms with Crippen LogP contribution in [0.3, 0.4) is 0 Å². The van der Waals surface area contributed by atoms with Crippen molar-refractivity contribution in [2.75, 3.05) is 13.2 Å². The van der Waals surface area contributed by atoms with Crippen LogP contribution in [0.1, 0.15) is 37.0 Å². The molecular formula is C20H24FNO3. The van der Waals surface area contributed by atoms with Gasteiger partial charge in [-0.05, 0) is 37.1 Å². The summed E-state index contributed by atoms with van der Waals surface area (Å²) in [7, 11) is 0. The number of ether oxygens (including phenoxy) is 2. The number of rotatable bonds is 6. The number of halogens is 1. The molecule has 5 heteroatoms. The van der Waals surface area contributed by atoms with Crippen molar-refractivity contribution in [2.24, 2.45) is 0 Å². The summed E-state index contributed by atoms with van der Waals surface area (Å²) >= 11 is 0. The highest BCUT2D eigenvalue weighted by molar-refractivity contribution is 5.47. The lowest BCUT2D eigenvalue weighted by atomic mass is 10.0. The molecule has 1 heterocycles. The minimum absolute atomic E-state index is 0.0857. The second-order valence-electron chi connectivity index (χ2n) is 6.38. The molecule has 3 rings (SSSR count). The normalized spacial score (nSPS) is 16.1. The summed E-state index contributed by atoms with van der Waals surface area (Å²) in [5.41, 5.74) is 1.77. The molecule has 4 nitrogen and oxygen atoms in total. The highest BCUT2D eigenvalue weighted by atomic mass is 19.1. The van der Waals surface area contributed by atoms with Crippen LogP contribution >= 0.6 is 0 Å². The van der Waals surface area contributed by atoms with Crippen LogP contribution in [0, 0.1) is 5.82 Å². The van der Waals surface area contributed by atoms with Gasteiger partial charge in [0.2, 0.25) is 0 Å². The van der Waals surface area contributed by atoms with E-state index in [0.29, 0.717) is 26.2 Å². The van der Waals surface area contributed by atoms with Gasteiger partial charge in [-0.15, -0.1) is 0 Å². The molecule has 0 fully saturated rings. The fraction of sp³-hybridized carbons (Fsp3) is 0.400. The van der Waals surface area contributed by atoms with Crippen LogP contribution < -0.4 is 14.8 Å². The van der Waals surface area contributed by atoms with Crippen LogP contribution in [-0.4, -0.2) is 24.4 Å². The molecule has 0 amide bonds. The highest BCUT2D eigenvalue weighted by Crippen LogP contribution is 2.33. The smallest absolute Gasteiger partial charge is 0.165 e. The molecule has 1 aliphatic rings. The maximum Gasteiger partial charge on any atom is 0.165 e. The Kier molecular flexibility index (Phi) is 5.89. The second-order valence-corrected chi connectivity index (χ2v) is 6.38. The van der Waals surface area contributed by atoms with Gasteiger partial charge < -0.3 is 19.9 Å². The number of fused-ring (bicyclic) bond motifs is 1. The van der Waals surface area contributed by atoms with E-state index in [-0.39, 0.29) is 11.9 Å². The van der Waals surface area contributed by atoms with Crippen molar-refractivity contribution < 1.29 is 19.0 Å². The maximum atomic E-state index is 13.0. The molecule has 0 saturated carbocycles. The molecule has 0 bridgehead atoms. The van der Waals surface area contributed by atoms with Gasteiger partial charge in [0.05, 0.1) is 19.3 Å². The number of hydrogen-bond donors (Lipinski definition) is 2. The predicted octanol–water partition coefficient (Wildman–Crippen LogP) is 3.59. The molecule has 0 aromatic heterocycles. The Morgan fingerprint density at radius 3 is 2.68 bits per heavy atom. The van der Waals surface area contributed by atoms with Crippen molar-refractivity contribution in [1.82, 2.24) is 5.32 Å². The molecule has 2 aromatic rings. The zero-order chi connectivity index (χ0) is 17.6. The quantitative estimate of drug-likeness (QED) is 0.840. The minimum Gasteiger partial charge on any atom is -0.490 e. The Hall–Kier alpha value is -2.11. The third-order valence-electron chi connectivity index (χ3n) is 4.33. The van der Waals surface area contributed by atoms with Crippen molar-refractivity contribution in [2.45, 2.75) is 38.5 Å². The highest BCUT2D eigenvalue weighted by Gasteiger charge is 2.16. The zero-order valence-corrected chi connectivity index (χ0v) is 14.4. The average molecular weight is 345 g/mol. The van der Waals surface area contributed by atoms with Gasteiger partial charge in [-0.3, -0.25) is 0 Å². The molecule has 1 aliphatic heterocycles. The van der Waals surface area contributed by atoms with Gasteiger partial charge in [0.15, 0.2) is 11.5 Å². The largest absolute Gasteiger partial charge is 0.490 e. The van der Waals surface area contributed by atoms with Crippen LogP contribution in [-0.2, 0) is 6.54 Å². The van der Waals surface area contributed by atoms with Gasteiger partial charge in [0, 0.05) is 24.6 Å². The first-order valence-electron chi connectivity index (χ1n) is 8.68. The molecule has 2 N–H and O–H groups in total. The fourth-order valence-electron chi connectivity index (χ4n) is 2.92. The maximum absolute atomic E-state index is 13.0. The van der Waals surface area contributed by atoms with E-state index in [9.17, 15) is 9.50 Å². The number of aliphatic hydroxyl groups excluding tert-OH is 1. The molecule has 25 heavy (non-hydrogen) atoms. The third kappa shape index (κ3) is 4.71. The lowest BCUT2D eigenvalue weighted by Crippen LogP contribution is -2.27. The van der Waals surface area contributed by atoms with Gasteiger partial charge >= 0.3 is 0 Å². The van der Waals surface area contributed by atoms with Crippen molar-refractivity contribution in [1.29, 1.82) is 0 Å². The monoisotopic (exact) mass is 345 g/mol. The standard InChI is InChI=1S/C20H24FNO3/c1-14(12-18(23)15-6-8-17(21)9-7-15)22-13-16-4-2-5-19-20(16)25-11-3-10-24-19/h2,4-9,14,18,22-23H,3,10-13H2,1H3. The van der Waals surface area contributed by atoms with E-state index in [2.05, 4.69) is 5.32 Å². The van der Waals surface area contributed by atoms with Crippen molar-refractivity contribution in [3.05, 3.63) is 59.4 Å². The van der Waals surface area contributed by atoms with Crippen molar-refractivity contribution in [3.63, 3.8) is 0 Å².